The van der Waals surface area contributed by atoms with Gasteiger partial charge in [-0.2, -0.15) is 0 Å². The van der Waals surface area contributed by atoms with Gasteiger partial charge in [0.1, 0.15) is 0 Å². The molecule has 1 amide bonds. The Hall–Kier alpha value is -2.29. The molecule has 2 rings (SSSR count). The number of carbonyl (C=O) groups is 1. The van der Waals surface area contributed by atoms with Gasteiger partial charge in [-0.15, -0.1) is 0 Å². The van der Waals surface area contributed by atoms with Crippen molar-refractivity contribution in [2.75, 3.05) is 11.1 Å². The van der Waals surface area contributed by atoms with Gasteiger partial charge in [-0.25, -0.2) is 0 Å². The molecule has 2 aromatic rings. The van der Waals surface area contributed by atoms with Crippen LogP contribution in [0.4, 0.5) is 11.4 Å². The average Bonchev–Trinajstić information content (AvgIpc) is 2.34. The number of amides is 1. The highest BCUT2D eigenvalue weighted by molar-refractivity contribution is 5.93. The predicted molar refractivity (Wildman–Crippen MR) is 79.1 cm³/mol. The number of nitrogens with two attached hydrogens (primary N) is 1. The standard InChI is InChI=1S/C16H18N2O/c1-11-4-3-5-13(8-11)9-16(19)18-15-10-14(17)7-6-12(15)2/h3-8,10H,9,17H2,1-2H3,(H,18,19). The number of hydrogen-bond acceptors (Lipinski definition) is 2. The van der Waals surface area contributed by atoms with Crippen LogP contribution in [0.3, 0.4) is 0 Å². The van der Waals surface area contributed by atoms with E-state index >= 15 is 0 Å². The van der Waals surface area contributed by atoms with Crippen LogP contribution in [0.2, 0.25) is 0 Å². The Balaban J connectivity index is 2.07. The molecule has 19 heavy (non-hydrogen) atoms. The van der Waals surface area contributed by atoms with E-state index < -0.39 is 0 Å². The van der Waals surface area contributed by atoms with Gasteiger partial charge in [0.2, 0.25) is 5.91 Å². The predicted octanol–water partition coefficient (Wildman–Crippen LogP) is 3.07. The van der Waals surface area contributed by atoms with Crippen molar-refractivity contribution in [3.63, 3.8) is 0 Å². The fourth-order valence-electron chi connectivity index (χ4n) is 1.98. The Morgan fingerprint density at radius 2 is 1.95 bits per heavy atom. The van der Waals surface area contributed by atoms with Gasteiger partial charge in [-0.05, 0) is 37.1 Å². The number of anilines is 2. The van der Waals surface area contributed by atoms with Gasteiger partial charge < -0.3 is 11.1 Å². The van der Waals surface area contributed by atoms with Crippen molar-refractivity contribution in [3.8, 4) is 0 Å². The molecule has 3 nitrogen and oxygen atoms in total. The van der Waals surface area contributed by atoms with Crippen LogP contribution in [0.5, 0.6) is 0 Å². The van der Waals surface area contributed by atoms with Crippen molar-refractivity contribution in [2.24, 2.45) is 0 Å². The smallest absolute Gasteiger partial charge is 0.228 e. The summed E-state index contributed by atoms with van der Waals surface area (Å²) in [6.45, 7) is 3.96. The third-order valence-electron chi connectivity index (χ3n) is 2.98. The molecular weight excluding hydrogens is 236 g/mol. The monoisotopic (exact) mass is 254 g/mol. The highest BCUT2D eigenvalue weighted by Gasteiger charge is 2.06. The molecule has 0 aromatic heterocycles. The van der Waals surface area contributed by atoms with Gasteiger partial charge in [0.25, 0.3) is 0 Å². The van der Waals surface area contributed by atoms with E-state index in [0.717, 1.165) is 22.4 Å². The van der Waals surface area contributed by atoms with Crippen molar-refractivity contribution < 1.29 is 4.79 Å². The highest BCUT2D eigenvalue weighted by atomic mass is 16.1. The zero-order valence-electron chi connectivity index (χ0n) is 11.2. The minimum absolute atomic E-state index is 0.0284. The molecule has 0 aliphatic rings. The summed E-state index contributed by atoms with van der Waals surface area (Å²) in [4.78, 5) is 12.0. The minimum atomic E-state index is -0.0284. The number of carbonyl (C=O) groups excluding carboxylic acids is 1. The number of rotatable bonds is 3. The molecule has 2 aromatic carbocycles. The molecule has 0 unspecified atom stereocenters. The Kier molecular flexibility index (Phi) is 3.85. The van der Waals surface area contributed by atoms with E-state index in [4.69, 9.17) is 5.73 Å². The number of hydrogen-bond donors (Lipinski definition) is 2. The van der Waals surface area contributed by atoms with Crippen LogP contribution in [0, 0.1) is 13.8 Å². The van der Waals surface area contributed by atoms with E-state index in [1.165, 1.54) is 0 Å². The third-order valence-corrected chi connectivity index (χ3v) is 2.98. The average molecular weight is 254 g/mol. The molecule has 98 valence electrons. The summed E-state index contributed by atoms with van der Waals surface area (Å²) in [5.41, 5.74) is 10.3. The van der Waals surface area contributed by atoms with Gasteiger partial charge in [-0.3, -0.25) is 4.79 Å². The van der Waals surface area contributed by atoms with Crippen molar-refractivity contribution >= 4 is 17.3 Å². The van der Waals surface area contributed by atoms with Gasteiger partial charge >= 0.3 is 0 Å². The number of aryl methyl sites for hydroxylation is 2. The Labute approximate surface area is 113 Å². The molecular formula is C16H18N2O. The summed E-state index contributed by atoms with van der Waals surface area (Å²) < 4.78 is 0. The Morgan fingerprint density at radius 3 is 2.68 bits per heavy atom. The molecule has 0 aliphatic carbocycles. The largest absolute Gasteiger partial charge is 0.399 e. The molecule has 0 radical (unpaired) electrons. The molecule has 0 bridgehead atoms. The summed E-state index contributed by atoms with van der Waals surface area (Å²) in [7, 11) is 0. The van der Waals surface area contributed by atoms with E-state index in [1.807, 2.05) is 50.2 Å². The first kappa shape index (κ1) is 13.1. The first-order valence-corrected chi connectivity index (χ1v) is 6.26. The van der Waals surface area contributed by atoms with E-state index in [-0.39, 0.29) is 5.91 Å². The van der Waals surface area contributed by atoms with E-state index in [0.29, 0.717) is 12.1 Å². The minimum Gasteiger partial charge on any atom is -0.399 e. The number of nitrogen functional groups attached to an aromatic ring is 1. The molecule has 0 saturated heterocycles. The second-order valence-electron chi connectivity index (χ2n) is 4.79. The molecule has 0 atom stereocenters. The lowest BCUT2D eigenvalue weighted by Gasteiger charge is -2.09. The highest BCUT2D eigenvalue weighted by Crippen LogP contribution is 2.18. The second-order valence-corrected chi connectivity index (χ2v) is 4.79. The van der Waals surface area contributed by atoms with Crippen molar-refractivity contribution in [3.05, 3.63) is 59.2 Å². The van der Waals surface area contributed by atoms with Crippen LogP contribution < -0.4 is 11.1 Å². The van der Waals surface area contributed by atoms with Gasteiger partial charge in [0.15, 0.2) is 0 Å². The Bertz CT molecular complexity index is 605. The van der Waals surface area contributed by atoms with Crippen LogP contribution in [0.1, 0.15) is 16.7 Å². The second kappa shape index (κ2) is 5.57. The SMILES string of the molecule is Cc1cccc(CC(=O)Nc2cc(N)ccc2C)c1. The molecule has 3 heteroatoms. The van der Waals surface area contributed by atoms with E-state index in [1.54, 1.807) is 6.07 Å². The maximum absolute atomic E-state index is 12.0. The fourth-order valence-corrected chi connectivity index (χ4v) is 1.98. The van der Waals surface area contributed by atoms with Crippen LogP contribution in [-0.4, -0.2) is 5.91 Å². The van der Waals surface area contributed by atoms with Gasteiger partial charge in [0.05, 0.1) is 6.42 Å². The zero-order chi connectivity index (χ0) is 13.8. The summed E-state index contributed by atoms with van der Waals surface area (Å²) in [5.74, 6) is -0.0284. The summed E-state index contributed by atoms with van der Waals surface area (Å²) in [5, 5.41) is 2.90. The molecule has 0 fully saturated rings. The van der Waals surface area contributed by atoms with Crippen LogP contribution >= 0.6 is 0 Å². The lowest BCUT2D eigenvalue weighted by atomic mass is 10.1. The number of nitrogens with one attached hydrogen (secondary N) is 1. The van der Waals surface area contributed by atoms with E-state index in [2.05, 4.69) is 5.32 Å². The van der Waals surface area contributed by atoms with Crippen molar-refractivity contribution in [2.45, 2.75) is 20.3 Å². The van der Waals surface area contributed by atoms with Crippen LogP contribution in [0.15, 0.2) is 42.5 Å². The molecule has 0 heterocycles. The van der Waals surface area contributed by atoms with E-state index in [9.17, 15) is 4.79 Å². The number of benzene rings is 2. The fraction of sp³-hybridized carbons (Fsp3) is 0.188. The normalized spacial score (nSPS) is 10.2. The lowest BCUT2D eigenvalue weighted by Crippen LogP contribution is -2.15. The van der Waals surface area contributed by atoms with Crippen LogP contribution in [-0.2, 0) is 11.2 Å². The van der Waals surface area contributed by atoms with Gasteiger partial charge in [0, 0.05) is 11.4 Å². The molecule has 0 spiro atoms. The third kappa shape index (κ3) is 3.58. The van der Waals surface area contributed by atoms with Crippen LogP contribution in [0.25, 0.3) is 0 Å². The first-order valence-electron chi connectivity index (χ1n) is 6.26. The van der Waals surface area contributed by atoms with Crippen molar-refractivity contribution in [1.29, 1.82) is 0 Å². The maximum Gasteiger partial charge on any atom is 0.228 e. The van der Waals surface area contributed by atoms with Crippen molar-refractivity contribution in [1.82, 2.24) is 0 Å². The first-order chi connectivity index (χ1) is 9.04. The molecule has 0 aliphatic heterocycles. The topological polar surface area (TPSA) is 55.1 Å². The molecule has 3 N–H and O–H groups in total. The summed E-state index contributed by atoms with van der Waals surface area (Å²) >= 11 is 0. The molecule has 0 saturated carbocycles. The summed E-state index contributed by atoms with van der Waals surface area (Å²) in [6, 6.07) is 13.5. The summed E-state index contributed by atoms with van der Waals surface area (Å²) in [6.07, 6.45) is 0.371. The maximum atomic E-state index is 12.0. The lowest BCUT2D eigenvalue weighted by molar-refractivity contribution is -0.115. The Morgan fingerprint density at radius 1 is 1.16 bits per heavy atom. The van der Waals surface area contributed by atoms with Gasteiger partial charge in [-0.1, -0.05) is 35.9 Å². The zero-order valence-corrected chi connectivity index (χ0v) is 11.2. The quantitative estimate of drug-likeness (QED) is 0.827.